The Balaban J connectivity index is 0.00000264. The topological polar surface area (TPSA) is 191 Å². The van der Waals surface area contributed by atoms with Gasteiger partial charge in [-0.05, 0) is 69.1 Å². The van der Waals surface area contributed by atoms with Gasteiger partial charge in [-0.1, -0.05) is 30.7 Å². The van der Waals surface area contributed by atoms with E-state index < -0.39 is 71.4 Å². The van der Waals surface area contributed by atoms with Crippen LogP contribution < -0.4 is 0 Å². The van der Waals surface area contributed by atoms with E-state index in [0.717, 1.165) is 6.08 Å². The van der Waals surface area contributed by atoms with Gasteiger partial charge in [0.05, 0.1) is 17.1 Å². The van der Waals surface area contributed by atoms with Gasteiger partial charge in [0.25, 0.3) is 11.0 Å². The molecule has 0 bridgehead atoms. The average Bonchev–Trinajstić information content (AvgIpc) is 3.19. The number of allylic oxidation sites excluding steroid dienone is 3. The van der Waals surface area contributed by atoms with E-state index in [9.17, 15) is 42.7 Å². The molecule has 0 saturated heterocycles. The standard InChI is InChI=1S/C28H33O12PS.2Na.2H/c1-26-14-21(31)24-19(20(26)10-11-28(26,34)22(32)15-29)9-8-17-12-18(30)13-23(27(17,24)2)38-41(35,40-42(36)37)39-25(33)16-6-4-3-5-7-16;;;;/h3-7,12-13,19-21,24,29,31,34,42H,8-11,14-15H2,1-2H3;;;;/t19-,20-,21-,24+,26-,27+,28-,41?;;;;/m0..../s1. The molecular formula is C28H35Na2O12PS. The Morgan fingerprint density at radius 2 is 1.75 bits per heavy atom. The van der Waals surface area contributed by atoms with E-state index in [1.807, 2.05) is 0 Å². The number of fused-ring (bicyclic) bond motifs is 5. The normalized spacial score (nSPS) is 35.3. The molecule has 0 amide bonds. The number of ketones is 2. The molecule has 232 valence electrons. The quantitative estimate of drug-likeness (QED) is 0.175. The van der Waals surface area contributed by atoms with Gasteiger partial charge in [-0.2, -0.15) is 0 Å². The molecule has 44 heavy (non-hydrogen) atoms. The van der Waals surface area contributed by atoms with Gasteiger partial charge in [0.15, 0.2) is 11.6 Å². The van der Waals surface area contributed by atoms with Gasteiger partial charge >= 0.3 is 72.9 Å². The van der Waals surface area contributed by atoms with Gasteiger partial charge in [0.2, 0.25) is 0 Å². The fraction of sp³-hybridized carbons (Fsp3) is 0.536. The number of phosphoric ester groups is 1. The second kappa shape index (κ2) is 13.8. The molecule has 3 saturated carbocycles. The molecule has 0 aliphatic heterocycles. The number of carbonyl (C=O) groups is 3. The monoisotopic (exact) mass is 672 g/mol. The van der Waals surface area contributed by atoms with Gasteiger partial charge < -0.3 is 24.4 Å². The van der Waals surface area contributed by atoms with E-state index >= 15 is 0 Å². The summed E-state index contributed by atoms with van der Waals surface area (Å²) >= 11 is 0. The van der Waals surface area contributed by atoms with Gasteiger partial charge in [-0.25, -0.2) is 17.8 Å². The van der Waals surface area contributed by atoms with Crippen molar-refractivity contribution >= 4 is 95.5 Å². The van der Waals surface area contributed by atoms with Crippen molar-refractivity contribution in [3.63, 3.8) is 0 Å². The average molecular weight is 673 g/mol. The van der Waals surface area contributed by atoms with Crippen LogP contribution in [0.1, 0.15) is 56.3 Å². The number of thiol groups is 1. The van der Waals surface area contributed by atoms with Gasteiger partial charge in [0.1, 0.15) is 18.0 Å². The summed E-state index contributed by atoms with van der Waals surface area (Å²) in [4.78, 5) is 38.2. The molecule has 1 aromatic carbocycles. The number of hydrogen-bond donors (Lipinski definition) is 4. The van der Waals surface area contributed by atoms with E-state index in [2.05, 4.69) is 3.97 Å². The Morgan fingerprint density at radius 3 is 2.36 bits per heavy atom. The van der Waals surface area contributed by atoms with Crippen LogP contribution in [0, 0.1) is 28.6 Å². The van der Waals surface area contributed by atoms with Crippen LogP contribution in [-0.4, -0.2) is 119 Å². The van der Waals surface area contributed by atoms with Crippen molar-refractivity contribution < 1.29 is 55.7 Å². The van der Waals surface area contributed by atoms with Crippen molar-refractivity contribution in [3.05, 3.63) is 59.4 Å². The van der Waals surface area contributed by atoms with Crippen LogP contribution in [-0.2, 0) is 38.2 Å². The van der Waals surface area contributed by atoms with Crippen LogP contribution >= 0.6 is 7.82 Å². The van der Waals surface area contributed by atoms with E-state index in [4.69, 9.17) is 9.05 Å². The second-order valence-electron chi connectivity index (χ2n) is 11.9. The number of phosphoric acid groups is 1. The number of aliphatic hydroxyl groups is 3. The van der Waals surface area contributed by atoms with Crippen LogP contribution in [0.2, 0.25) is 0 Å². The number of Topliss-reactive ketones (excluding diaryl/α,β-unsaturated/α-hetero) is 1. The number of hydrogen-bond acceptors (Lipinski definition) is 12. The Hall–Kier alpha value is -0.670. The van der Waals surface area contributed by atoms with E-state index in [0.29, 0.717) is 24.8 Å². The first kappa shape index (κ1) is 37.8. The van der Waals surface area contributed by atoms with Gasteiger partial charge in [-0.3, -0.25) is 9.59 Å². The summed E-state index contributed by atoms with van der Waals surface area (Å²) in [5.74, 6) is -3.99. The third-order valence-corrected chi connectivity index (χ3v) is 12.1. The van der Waals surface area contributed by atoms with E-state index in [1.165, 1.54) is 30.3 Å². The van der Waals surface area contributed by atoms with Crippen LogP contribution in [0.15, 0.2) is 53.8 Å². The van der Waals surface area contributed by atoms with Crippen LogP contribution in [0.25, 0.3) is 0 Å². The predicted octanol–water partition coefficient (Wildman–Crippen LogP) is 1.11. The summed E-state index contributed by atoms with van der Waals surface area (Å²) in [5.41, 5.74) is -3.71. The third kappa shape index (κ3) is 6.30. The van der Waals surface area contributed by atoms with Crippen molar-refractivity contribution in [1.29, 1.82) is 0 Å². The summed E-state index contributed by atoms with van der Waals surface area (Å²) in [6.45, 7) is 2.56. The first-order valence-electron chi connectivity index (χ1n) is 13.6. The maximum absolute atomic E-state index is 13.7. The van der Waals surface area contributed by atoms with Crippen molar-refractivity contribution in [3.8, 4) is 0 Å². The maximum atomic E-state index is 13.7. The van der Waals surface area contributed by atoms with Crippen LogP contribution in [0.5, 0.6) is 0 Å². The zero-order valence-electron chi connectivity index (χ0n) is 23.0. The molecule has 16 heteroatoms. The van der Waals surface area contributed by atoms with Crippen molar-refractivity contribution in [1.82, 2.24) is 0 Å². The molecule has 8 atom stereocenters. The Bertz CT molecular complexity index is 1500. The van der Waals surface area contributed by atoms with Gasteiger partial charge in [-0.15, -0.1) is 3.97 Å². The summed E-state index contributed by atoms with van der Waals surface area (Å²) in [6.07, 6.45) is 2.61. The van der Waals surface area contributed by atoms with E-state index in [-0.39, 0.29) is 95.1 Å². The van der Waals surface area contributed by atoms with Crippen molar-refractivity contribution in [2.75, 3.05) is 6.61 Å². The van der Waals surface area contributed by atoms with Crippen molar-refractivity contribution in [2.24, 2.45) is 28.6 Å². The first-order chi connectivity index (χ1) is 19.7. The number of aliphatic hydroxyl groups excluding tert-OH is 2. The fourth-order valence-electron chi connectivity index (χ4n) is 8.10. The summed E-state index contributed by atoms with van der Waals surface area (Å²) < 4.78 is 51.9. The summed E-state index contributed by atoms with van der Waals surface area (Å²) in [5, 5.41) is 32.7. The molecule has 0 heterocycles. The molecule has 1 unspecified atom stereocenters. The first-order valence-corrected chi connectivity index (χ1v) is 16.2. The number of benzene rings is 1. The summed E-state index contributed by atoms with van der Waals surface area (Å²) in [7, 11) is -9.07. The zero-order chi connectivity index (χ0) is 30.7. The Kier molecular flexibility index (Phi) is 11.9. The molecule has 4 aliphatic carbocycles. The predicted molar refractivity (Wildman–Crippen MR) is 160 cm³/mol. The zero-order valence-corrected chi connectivity index (χ0v) is 24.8. The minimum absolute atomic E-state index is 0. The number of carbonyl (C=O) groups excluding carboxylic acids is 3. The molecule has 3 N–H and O–H groups in total. The van der Waals surface area contributed by atoms with E-state index in [1.54, 1.807) is 19.9 Å². The molecule has 0 aromatic heterocycles. The molecule has 1 aromatic rings. The van der Waals surface area contributed by atoms with Crippen molar-refractivity contribution in [2.45, 2.75) is 57.7 Å². The molecule has 4 aliphatic rings. The molecular weight excluding hydrogens is 637 g/mol. The van der Waals surface area contributed by atoms with Crippen LogP contribution in [0.4, 0.5) is 0 Å². The molecule has 12 nitrogen and oxygen atoms in total. The molecule has 5 rings (SSSR count). The fourth-order valence-corrected chi connectivity index (χ4v) is 9.85. The SMILES string of the molecule is C[C@@]12C(=CC(=O)C=C1OP(=O)(OC(=O)c1ccccc1)O[SH](=O)=O)CC[C@@H]1[C@@H]2[C@@H](O)C[C@@]2(C)[C@H]1CC[C@]2(O)C(=O)CO.[NaH].[NaH]. The third-order valence-electron chi connectivity index (χ3n) is 9.97. The molecule has 0 radical (unpaired) electrons. The van der Waals surface area contributed by atoms with Crippen LogP contribution in [0.3, 0.4) is 0 Å². The minimum atomic E-state index is -5.23. The Labute approximate surface area is 301 Å². The van der Waals surface area contributed by atoms with Gasteiger partial charge in [0, 0.05) is 17.4 Å². The Morgan fingerprint density at radius 1 is 1.09 bits per heavy atom. The summed E-state index contributed by atoms with van der Waals surface area (Å²) in [6, 6.07) is 7.34. The molecule has 0 spiro atoms. The number of rotatable bonds is 8. The second-order valence-corrected chi connectivity index (χ2v) is 14.2. The molecule has 3 fully saturated rings.